The molecule has 0 heterocycles. The first-order valence-electron chi connectivity index (χ1n) is 8.20. The summed E-state index contributed by atoms with van der Waals surface area (Å²) in [5.41, 5.74) is 8.26. The van der Waals surface area contributed by atoms with Crippen LogP contribution >= 0.6 is 0 Å². The number of nitrogens with two attached hydrogens (primary N) is 1. The van der Waals surface area contributed by atoms with E-state index in [1.54, 1.807) is 0 Å². The molecule has 4 nitrogen and oxygen atoms in total. The van der Waals surface area contributed by atoms with Gasteiger partial charge in [-0.3, -0.25) is 4.79 Å². The molecular formula is C19H23N3O. The van der Waals surface area contributed by atoms with Gasteiger partial charge in [-0.15, -0.1) is 0 Å². The van der Waals surface area contributed by atoms with Crippen LogP contribution in [0.3, 0.4) is 0 Å². The van der Waals surface area contributed by atoms with Crippen LogP contribution in [0.1, 0.15) is 29.6 Å². The van der Waals surface area contributed by atoms with E-state index < -0.39 is 0 Å². The first-order valence-corrected chi connectivity index (χ1v) is 8.20. The van der Waals surface area contributed by atoms with Crippen LogP contribution in [-0.4, -0.2) is 18.5 Å². The zero-order valence-electron chi connectivity index (χ0n) is 13.2. The number of hydrogen-bond acceptors (Lipinski definition) is 3. The van der Waals surface area contributed by atoms with Crippen LogP contribution in [0, 0.1) is 5.92 Å². The quantitative estimate of drug-likeness (QED) is 0.794. The molecule has 0 aromatic heterocycles. The van der Waals surface area contributed by atoms with Crippen LogP contribution < -0.4 is 16.4 Å². The van der Waals surface area contributed by atoms with Gasteiger partial charge in [-0.05, 0) is 49.6 Å². The smallest absolute Gasteiger partial charge is 0.253 e. The van der Waals surface area contributed by atoms with Crippen LogP contribution in [0.5, 0.6) is 0 Å². The monoisotopic (exact) mass is 309 g/mol. The molecule has 23 heavy (non-hydrogen) atoms. The molecule has 0 saturated heterocycles. The van der Waals surface area contributed by atoms with Gasteiger partial charge < -0.3 is 16.4 Å². The van der Waals surface area contributed by atoms with Crippen molar-refractivity contribution in [2.45, 2.75) is 25.3 Å². The molecule has 2 atom stereocenters. The molecule has 2 aromatic carbocycles. The maximum absolute atomic E-state index is 12.7. The Morgan fingerprint density at radius 2 is 1.78 bits per heavy atom. The first-order chi connectivity index (χ1) is 11.3. The third-order valence-electron chi connectivity index (χ3n) is 4.50. The number of carbonyl (C=O) groups excluding carboxylic acids is 1. The van der Waals surface area contributed by atoms with Crippen molar-refractivity contribution in [1.82, 2.24) is 5.32 Å². The van der Waals surface area contributed by atoms with E-state index in [9.17, 15) is 4.79 Å². The fourth-order valence-corrected chi connectivity index (χ4v) is 3.22. The number of anilines is 2. The highest BCUT2D eigenvalue weighted by Gasteiger charge is 2.28. The van der Waals surface area contributed by atoms with Crippen LogP contribution in [0.15, 0.2) is 54.6 Å². The molecule has 1 amide bonds. The van der Waals surface area contributed by atoms with Crippen molar-refractivity contribution in [1.29, 1.82) is 0 Å². The molecule has 1 aliphatic rings. The van der Waals surface area contributed by atoms with Gasteiger partial charge in [0.05, 0.1) is 11.3 Å². The third-order valence-corrected chi connectivity index (χ3v) is 4.50. The lowest BCUT2D eigenvalue weighted by Crippen LogP contribution is -2.40. The molecule has 0 aliphatic heterocycles. The minimum Gasteiger partial charge on any atom is -0.355 e. The third kappa shape index (κ3) is 3.71. The Balaban J connectivity index is 1.75. The van der Waals surface area contributed by atoms with Gasteiger partial charge in [0.2, 0.25) is 0 Å². The molecule has 1 saturated carbocycles. The predicted octanol–water partition coefficient (Wildman–Crippen LogP) is 3.29. The van der Waals surface area contributed by atoms with E-state index in [0.29, 0.717) is 18.0 Å². The summed E-state index contributed by atoms with van der Waals surface area (Å²) in [6.07, 6.45) is 3.25. The van der Waals surface area contributed by atoms with Crippen molar-refractivity contribution in [2.75, 3.05) is 11.9 Å². The Bertz CT molecular complexity index is 657. The number of benzene rings is 2. The van der Waals surface area contributed by atoms with Crippen molar-refractivity contribution in [2.24, 2.45) is 11.7 Å². The fourth-order valence-electron chi connectivity index (χ4n) is 3.22. The van der Waals surface area contributed by atoms with Crippen molar-refractivity contribution in [3.63, 3.8) is 0 Å². The Kier molecular flexibility index (Phi) is 4.93. The summed E-state index contributed by atoms with van der Waals surface area (Å²) in [5, 5.41) is 6.48. The molecule has 1 fully saturated rings. The van der Waals surface area contributed by atoms with Crippen molar-refractivity contribution in [3.8, 4) is 0 Å². The van der Waals surface area contributed by atoms with Crippen LogP contribution in [0.25, 0.3) is 0 Å². The molecule has 4 heteroatoms. The van der Waals surface area contributed by atoms with Gasteiger partial charge >= 0.3 is 0 Å². The van der Waals surface area contributed by atoms with E-state index in [1.807, 2.05) is 54.6 Å². The zero-order valence-corrected chi connectivity index (χ0v) is 13.2. The molecule has 0 bridgehead atoms. The molecule has 4 N–H and O–H groups in total. The molecule has 1 aliphatic carbocycles. The van der Waals surface area contributed by atoms with Crippen molar-refractivity contribution in [3.05, 3.63) is 60.2 Å². The summed E-state index contributed by atoms with van der Waals surface area (Å²) < 4.78 is 0. The number of rotatable bonds is 5. The second-order valence-electron chi connectivity index (χ2n) is 6.04. The van der Waals surface area contributed by atoms with Crippen LogP contribution in [-0.2, 0) is 0 Å². The molecule has 0 radical (unpaired) electrons. The van der Waals surface area contributed by atoms with Gasteiger partial charge in [-0.2, -0.15) is 0 Å². The zero-order chi connectivity index (χ0) is 16.1. The van der Waals surface area contributed by atoms with E-state index >= 15 is 0 Å². The molecule has 2 unspecified atom stereocenters. The molecule has 120 valence electrons. The van der Waals surface area contributed by atoms with E-state index in [-0.39, 0.29) is 11.9 Å². The van der Waals surface area contributed by atoms with Gasteiger partial charge in [-0.1, -0.05) is 36.8 Å². The second kappa shape index (κ2) is 7.29. The maximum Gasteiger partial charge on any atom is 0.253 e. The lowest BCUT2D eigenvalue weighted by molar-refractivity contribution is 0.0929. The van der Waals surface area contributed by atoms with E-state index in [4.69, 9.17) is 5.73 Å². The van der Waals surface area contributed by atoms with Gasteiger partial charge in [0, 0.05) is 11.7 Å². The summed E-state index contributed by atoms with van der Waals surface area (Å²) in [7, 11) is 0. The summed E-state index contributed by atoms with van der Waals surface area (Å²) in [5.74, 6) is 0.363. The van der Waals surface area contributed by atoms with Crippen LogP contribution in [0.2, 0.25) is 0 Å². The number of hydrogen-bond donors (Lipinski definition) is 3. The van der Waals surface area contributed by atoms with Crippen LogP contribution in [0.4, 0.5) is 11.4 Å². The highest BCUT2D eigenvalue weighted by atomic mass is 16.1. The summed E-state index contributed by atoms with van der Waals surface area (Å²) in [6, 6.07) is 17.7. The second-order valence-corrected chi connectivity index (χ2v) is 6.04. The lowest BCUT2D eigenvalue weighted by Gasteiger charge is -2.20. The van der Waals surface area contributed by atoms with Gasteiger partial charge in [0.1, 0.15) is 0 Å². The number of amides is 1. The Hall–Kier alpha value is -2.33. The normalized spacial score (nSPS) is 20.2. The van der Waals surface area contributed by atoms with Gasteiger partial charge in [0.25, 0.3) is 5.91 Å². The number of carbonyl (C=O) groups is 1. The molecular weight excluding hydrogens is 286 g/mol. The van der Waals surface area contributed by atoms with Gasteiger partial charge in [-0.25, -0.2) is 0 Å². The Labute approximate surface area is 137 Å². The van der Waals surface area contributed by atoms with E-state index in [2.05, 4.69) is 10.6 Å². The maximum atomic E-state index is 12.7. The average Bonchev–Trinajstić information content (AvgIpc) is 3.03. The summed E-state index contributed by atoms with van der Waals surface area (Å²) in [4.78, 5) is 12.7. The number of nitrogens with one attached hydrogen (secondary N) is 2. The topological polar surface area (TPSA) is 67.1 Å². The summed E-state index contributed by atoms with van der Waals surface area (Å²) in [6.45, 7) is 0.634. The Morgan fingerprint density at radius 1 is 1.04 bits per heavy atom. The molecule has 0 spiro atoms. The Morgan fingerprint density at radius 3 is 2.57 bits per heavy atom. The average molecular weight is 309 g/mol. The number of para-hydroxylation sites is 2. The summed E-state index contributed by atoms with van der Waals surface area (Å²) >= 11 is 0. The van der Waals surface area contributed by atoms with Crippen molar-refractivity contribution < 1.29 is 4.79 Å². The largest absolute Gasteiger partial charge is 0.355 e. The van der Waals surface area contributed by atoms with Gasteiger partial charge in [0.15, 0.2) is 0 Å². The highest BCUT2D eigenvalue weighted by Crippen LogP contribution is 2.26. The predicted molar refractivity (Wildman–Crippen MR) is 93.8 cm³/mol. The minimum absolute atomic E-state index is 0.0330. The van der Waals surface area contributed by atoms with E-state index in [0.717, 1.165) is 30.6 Å². The first kappa shape index (κ1) is 15.6. The minimum atomic E-state index is -0.0330. The SMILES string of the molecule is NCC1CCCC1NC(=O)c1ccccc1Nc1ccccc1. The standard InChI is InChI=1S/C19H23N3O/c20-13-14-7-6-12-17(14)22-19(23)16-10-4-5-11-18(16)21-15-8-2-1-3-9-15/h1-5,8-11,14,17,21H,6-7,12-13,20H2,(H,22,23). The highest BCUT2D eigenvalue weighted by molar-refractivity contribution is 6.00. The van der Waals surface area contributed by atoms with E-state index in [1.165, 1.54) is 0 Å². The van der Waals surface area contributed by atoms with Crippen molar-refractivity contribution >= 4 is 17.3 Å². The lowest BCUT2D eigenvalue weighted by atomic mass is 10.0. The fraction of sp³-hybridized carbons (Fsp3) is 0.316. The molecule has 3 rings (SSSR count). The molecule has 2 aromatic rings.